The number of hydrogen-bond donors (Lipinski definition) is 2. The molecule has 3 rings (SSSR count). The van der Waals surface area contributed by atoms with E-state index in [1.165, 1.54) is 31.5 Å². The lowest BCUT2D eigenvalue weighted by Crippen LogP contribution is -2.40. The van der Waals surface area contributed by atoms with Crippen LogP contribution in [0.5, 0.6) is 0 Å². The normalized spacial score (nSPS) is 16.6. The first-order chi connectivity index (χ1) is 10.8. The third-order valence-electron chi connectivity index (χ3n) is 4.06. The summed E-state index contributed by atoms with van der Waals surface area (Å²) in [5.41, 5.74) is 2.30. The van der Waals surface area contributed by atoms with E-state index in [1.807, 2.05) is 12.1 Å². The number of nitrogens with zero attached hydrogens (tertiary/aromatic N) is 3. The Hall–Kier alpha value is -1.98. The molecule has 0 spiro atoms. The van der Waals surface area contributed by atoms with Gasteiger partial charge in [0.05, 0.1) is 0 Å². The largest absolute Gasteiger partial charge is 0.324 e. The fourth-order valence-electron chi connectivity index (χ4n) is 2.73. The van der Waals surface area contributed by atoms with Crippen molar-refractivity contribution in [1.29, 1.82) is 0 Å². The predicted octanol–water partition coefficient (Wildman–Crippen LogP) is 2.40. The second kappa shape index (κ2) is 7.33. The van der Waals surface area contributed by atoms with Crippen molar-refractivity contribution in [1.82, 2.24) is 20.2 Å². The molecule has 5 nitrogen and oxygen atoms in total. The van der Waals surface area contributed by atoms with Gasteiger partial charge in [0.1, 0.15) is 0 Å². The molecule has 5 heteroatoms. The number of piperidine rings is 1. The number of likely N-dealkylation sites (tertiary alicyclic amines) is 1. The zero-order valence-electron chi connectivity index (χ0n) is 13.0. The molecule has 0 radical (unpaired) electrons. The lowest BCUT2D eigenvalue weighted by Gasteiger charge is -2.29. The average Bonchev–Trinajstić information content (AvgIpc) is 2.56. The fourth-order valence-corrected chi connectivity index (χ4v) is 2.73. The third-order valence-corrected chi connectivity index (χ3v) is 4.06. The number of nitrogens with one attached hydrogen (secondary N) is 2. The average molecular weight is 297 g/mol. The Kier molecular flexibility index (Phi) is 4.98. The fraction of sp³-hybridized carbons (Fsp3) is 0.412. The first-order valence-corrected chi connectivity index (χ1v) is 7.84. The molecule has 1 aromatic heterocycles. The quantitative estimate of drug-likeness (QED) is 0.887. The van der Waals surface area contributed by atoms with Gasteiger partial charge in [-0.3, -0.25) is 0 Å². The van der Waals surface area contributed by atoms with E-state index in [4.69, 9.17) is 0 Å². The van der Waals surface area contributed by atoms with Crippen molar-refractivity contribution in [2.24, 2.45) is 0 Å². The molecule has 22 heavy (non-hydrogen) atoms. The highest BCUT2D eigenvalue weighted by Crippen LogP contribution is 2.15. The topological polar surface area (TPSA) is 53.1 Å². The van der Waals surface area contributed by atoms with E-state index < -0.39 is 0 Å². The lowest BCUT2D eigenvalue weighted by molar-refractivity contribution is 0.234. The van der Waals surface area contributed by atoms with Crippen molar-refractivity contribution in [2.45, 2.75) is 25.4 Å². The smallest absolute Gasteiger partial charge is 0.227 e. The Morgan fingerprint density at radius 3 is 2.68 bits per heavy atom. The van der Waals surface area contributed by atoms with Crippen LogP contribution in [0.25, 0.3) is 0 Å². The molecule has 0 bridgehead atoms. The van der Waals surface area contributed by atoms with Crippen LogP contribution >= 0.6 is 0 Å². The molecule has 2 N–H and O–H groups in total. The van der Waals surface area contributed by atoms with Crippen LogP contribution in [0.1, 0.15) is 18.4 Å². The molecule has 1 aliphatic heterocycles. The Labute approximate surface area is 131 Å². The number of aromatic nitrogens is 2. The SMILES string of the molecule is CN1CCC(NCc2cccc(Nc3ncccn3)c2)CC1. The summed E-state index contributed by atoms with van der Waals surface area (Å²) in [6, 6.07) is 10.8. The molecule has 1 fully saturated rings. The van der Waals surface area contributed by atoms with Crippen molar-refractivity contribution < 1.29 is 0 Å². The summed E-state index contributed by atoms with van der Waals surface area (Å²) >= 11 is 0. The number of anilines is 2. The second-order valence-corrected chi connectivity index (χ2v) is 5.86. The number of benzene rings is 1. The van der Waals surface area contributed by atoms with Crippen LogP contribution in [0, 0.1) is 0 Å². The van der Waals surface area contributed by atoms with Crippen molar-refractivity contribution >= 4 is 11.6 Å². The molecule has 1 aliphatic rings. The monoisotopic (exact) mass is 297 g/mol. The summed E-state index contributed by atoms with van der Waals surface area (Å²) in [6.45, 7) is 3.27. The molecule has 2 aromatic rings. The molecule has 0 amide bonds. The zero-order chi connectivity index (χ0) is 15.2. The van der Waals surface area contributed by atoms with Gasteiger partial charge < -0.3 is 15.5 Å². The Morgan fingerprint density at radius 1 is 1.14 bits per heavy atom. The van der Waals surface area contributed by atoms with Crippen molar-refractivity contribution in [3.63, 3.8) is 0 Å². The minimum absolute atomic E-state index is 0.628. The van der Waals surface area contributed by atoms with E-state index in [0.717, 1.165) is 12.2 Å². The van der Waals surface area contributed by atoms with Gasteiger partial charge >= 0.3 is 0 Å². The highest BCUT2D eigenvalue weighted by Gasteiger charge is 2.15. The Balaban J connectivity index is 1.55. The van der Waals surface area contributed by atoms with Crippen LogP contribution in [0.15, 0.2) is 42.7 Å². The molecule has 0 aliphatic carbocycles. The zero-order valence-corrected chi connectivity index (χ0v) is 13.0. The lowest BCUT2D eigenvalue weighted by atomic mass is 10.1. The van der Waals surface area contributed by atoms with Crippen LogP contribution in [-0.2, 0) is 6.54 Å². The molecule has 0 saturated carbocycles. The Morgan fingerprint density at radius 2 is 1.91 bits per heavy atom. The number of rotatable bonds is 5. The summed E-state index contributed by atoms with van der Waals surface area (Å²) < 4.78 is 0. The van der Waals surface area contributed by atoms with Gasteiger partial charge in [0.15, 0.2) is 0 Å². The van der Waals surface area contributed by atoms with E-state index in [9.17, 15) is 0 Å². The minimum atomic E-state index is 0.628. The molecular formula is C17H23N5. The molecule has 1 aromatic carbocycles. The van der Waals surface area contributed by atoms with Crippen molar-refractivity contribution in [3.8, 4) is 0 Å². The predicted molar refractivity (Wildman–Crippen MR) is 89.1 cm³/mol. The number of hydrogen-bond acceptors (Lipinski definition) is 5. The van der Waals surface area contributed by atoms with Gasteiger partial charge in [-0.05, 0) is 56.7 Å². The van der Waals surface area contributed by atoms with E-state index in [0.29, 0.717) is 12.0 Å². The maximum Gasteiger partial charge on any atom is 0.227 e. The van der Waals surface area contributed by atoms with E-state index in [2.05, 4.69) is 50.7 Å². The van der Waals surface area contributed by atoms with Crippen LogP contribution in [0.3, 0.4) is 0 Å². The van der Waals surface area contributed by atoms with Crippen LogP contribution in [0.4, 0.5) is 11.6 Å². The van der Waals surface area contributed by atoms with Gasteiger partial charge in [0, 0.05) is 30.7 Å². The summed E-state index contributed by atoms with van der Waals surface area (Å²) in [7, 11) is 2.19. The van der Waals surface area contributed by atoms with Crippen LogP contribution in [-0.4, -0.2) is 41.0 Å². The summed E-state index contributed by atoms with van der Waals surface area (Å²) in [5, 5.41) is 6.90. The summed E-state index contributed by atoms with van der Waals surface area (Å²) in [6.07, 6.45) is 5.93. The standard InChI is InChI=1S/C17H23N5/c1-22-10-6-15(7-11-22)20-13-14-4-2-5-16(12-14)21-17-18-8-3-9-19-17/h2-5,8-9,12,15,20H,6-7,10-11,13H2,1H3,(H,18,19,21). The van der Waals surface area contributed by atoms with Crippen molar-refractivity contribution in [3.05, 3.63) is 48.3 Å². The van der Waals surface area contributed by atoms with Crippen LogP contribution in [0.2, 0.25) is 0 Å². The van der Waals surface area contributed by atoms with Gasteiger partial charge in [-0.2, -0.15) is 0 Å². The first kappa shape index (κ1) is 14.9. The molecule has 0 atom stereocenters. The third kappa shape index (κ3) is 4.26. The van der Waals surface area contributed by atoms with Gasteiger partial charge in [-0.15, -0.1) is 0 Å². The molecule has 0 unspecified atom stereocenters. The first-order valence-electron chi connectivity index (χ1n) is 7.84. The van der Waals surface area contributed by atoms with E-state index in [1.54, 1.807) is 12.4 Å². The molecule has 2 heterocycles. The molecule has 116 valence electrons. The van der Waals surface area contributed by atoms with Crippen molar-refractivity contribution in [2.75, 3.05) is 25.5 Å². The van der Waals surface area contributed by atoms with E-state index in [-0.39, 0.29) is 0 Å². The second-order valence-electron chi connectivity index (χ2n) is 5.86. The van der Waals surface area contributed by atoms with Gasteiger partial charge in [-0.25, -0.2) is 9.97 Å². The summed E-state index contributed by atoms with van der Waals surface area (Å²) in [4.78, 5) is 10.8. The summed E-state index contributed by atoms with van der Waals surface area (Å²) in [5.74, 6) is 0.628. The minimum Gasteiger partial charge on any atom is -0.324 e. The maximum absolute atomic E-state index is 4.19. The molecule has 1 saturated heterocycles. The Bertz CT molecular complexity index is 579. The van der Waals surface area contributed by atoms with Gasteiger partial charge in [0.25, 0.3) is 0 Å². The van der Waals surface area contributed by atoms with Crippen LogP contribution < -0.4 is 10.6 Å². The molecular weight excluding hydrogens is 274 g/mol. The maximum atomic E-state index is 4.19. The van der Waals surface area contributed by atoms with Gasteiger partial charge in [-0.1, -0.05) is 12.1 Å². The highest BCUT2D eigenvalue weighted by molar-refractivity contribution is 5.54. The van der Waals surface area contributed by atoms with E-state index >= 15 is 0 Å². The highest BCUT2D eigenvalue weighted by atomic mass is 15.1. The van der Waals surface area contributed by atoms with Gasteiger partial charge in [0.2, 0.25) is 5.95 Å².